The Balaban J connectivity index is 2.61. The minimum absolute atomic E-state index is 0.515. The molecule has 80 valence electrons. The van der Waals surface area contributed by atoms with Crippen molar-refractivity contribution in [3.63, 3.8) is 0 Å². The van der Waals surface area contributed by atoms with Crippen molar-refractivity contribution in [2.24, 2.45) is 0 Å². The van der Waals surface area contributed by atoms with Crippen LogP contribution in [0.4, 0.5) is 5.95 Å². The van der Waals surface area contributed by atoms with Crippen molar-refractivity contribution in [1.29, 1.82) is 0 Å². The number of imidazole rings is 1. The van der Waals surface area contributed by atoms with E-state index in [1.165, 1.54) is 0 Å². The minimum Gasteiger partial charge on any atom is -0.356 e. The lowest BCUT2D eigenvalue weighted by Crippen LogP contribution is -2.29. The second-order valence-corrected chi connectivity index (χ2v) is 3.75. The summed E-state index contributed by atoms with van der Waals surface area (Å²) in [6.07, 6.45) is 3.85. The monoisotopic (exact) mass is 196 g/mol. The molecular weight excluding hydrogens is 176 g/mol. The number of rotatable bonds is 5. The van der Waals surface area contributed by atoms with Gasteiger partial charge in [0.2, 0.25) is 5.95 Å². The van der Waals surface area contributed by atoms with Crippen LogP contribution < -0.4 is 5.32 Å². The van der Waals surface area contributed by atoms with Gasteiger partial charge in [0.1, 0.15) is 0 Å². The fourth-order valence-electron chi connectivity index (χ4n) is 1.23. The number of hydrogen-bond acceptors (Lipinski definition) is 3. The first kappa shape index (κ1) is 11.0. The maximum absolute atomic E-state index is 4.25. The van der Waals surface area contributed by atoms with Gasteiger partial charge in [-0.05, 0) is 27.9 Å². The summed E-state index contributed by atoms with van der Waals surface area (Å²) >= 11 is 0. The smallest absolute Gasteiger partial charge is 0.202 e. The van der Waals surface area contributed by atoms with Gasteiger partial charge in [0.25, 0.3) is 0 Å². The summed E-state index contributed by atoms with van der Waals surface area (Å²) in [5, 5.41) is 3.23. The van der Waals surface area contributed by atoms with E-state index in [0.717, 1.165) is 19.0 Å². The molecule has 1 atom stereocenters. The van der Waals surface area contributed by atoms with Crippen LogP contribution in [0.25, 0.3) is 0 Å². The fraction of sp³-hybridized carbons (Fsp3) is 0.700. The van der Waals surface area contributed by atoms with E-state index in [0.29, 0.717) is 6.04 Å². The van der Waals surface area contributed by atoms with Crippen LogP contribution in [0.15, 0.2) is 12.4 Å². The predicted octanol–water partition coefficient (Wildman–Crippen LogP) is 1.26. The first-order valence-corrected chi connectivity index (χ1v) is 5.06. The molecule has 0 aromatic carbocycles. The van der Waals surface area contributed by atoms with Crippen LogP contribution in [-0.4, -0.2) is 41.1 Å². The topological polar surface area (TPSA) is 33.1 Å². The van der Waals surface area contributed by atoms with Crippen LogP contribution in [0.2, 0.25) is 0 Å². The van der Waals surface area contributed by atoms with E-state index in [2.05, 4.69) is 47.7 Å². The molecule has 1 unspecified atom stereocenters. The van der Waals surface area contributed by atoms with Crippen LogP contribution in [0.3, 0.4) is 0 Å². The van der Waals surface area contributed by atoms with E-state index in [4.69, 9.17) is 0 Å². The molecule has 0 saturated heterocycles. The third kappa shape index (κ3) is 2.73. The molecule has 1 rings (SSSR count). The minimum atomic E-state index is 0.515. The fourth-order valence-corrected chi connectivity index (χ4v) is 1.23. The van der Waals surface area contributed by atoms with Crippen molar-refractivity contribution in [2.75, 3.05) is 26.0 Å². The Kier molecular flexibility index (Phi) is 3.95. The quantitative estimate of drug-likeness (QED) is 0.769. The third-order valence-corrected chi connectivity index (χ3v) is 2.39. The van der Waals surface area contributed by atoms with Gasteiger partial charge in [-0.1, -0.05) is 0 Å². The SMILES string of the molecule is CCNc1nccn1CC(C)N(C)C. The molecule has 1 aromatic rings. The predicted molar refractivity (Wildman–Crippen MR) is 59.5 cm³/mol. The molecule has 1 aromatic heterocycles. The summed E-state index contributed by atoms with van der Waals surface area (Å²) in [5.41, 5.74) is 0. The Morgan fingerprint density at radius 2 is 2.29 bits per heavy atom. The molecule has 1 N–H and O–H groups in total. The van der Waals surface area contributed by atoms with Gasteiger partial charge >= 0.3 is 0 Å². The van der Waals surface area contributed by atoms with Crippen molar-refractivity contribution in [3.8, 4) is 0 Å². The number of likely N-dealkylation sites (N-methyl/N-ethyl adjacent to an activating group) is 1. The van der Waals surface area contributed by atoms with Gasteiger partial charge in [-0.2, -0.15) is 0 Å². The van der Waals surface area contributed by atoms with E-state index >= 15 is 0 Å². The highest BCUT2D eigenvalue weighted by Crippen LogP contribution is 2.06. The maximum Gasteiger partial charge on any atom is 0.202 e. The third-order valence-electron chi connectivity index (χ3n) is 2.39. The van der Waals surface area contributed by atoms with Gasteiger partial charge in [-0.3, -0.25) is 0 Å². The summed E-state index contributed by atoms with van der Waals surface area (Å²) in [6.45, 7) is 6.16. The lowest BCUT2D eigenvalue weighted by atomic mass is 10.3. The van der Waals surface area contributed by atoms with E-state index in [9.17, 15) is 0 Å². The zero-order valence-corrected chi connectivity index (χ0v) is 9.49. The second-order valence-electron chi connectivity index (χ2n) is 3.75. The normalized spacial score (nSPS) is 13.2. The zero-order chi connectivity index (χ0) is 10.6. The highest BCUT2D eigenvalue weighted by atomic mass is 15.2. The highest BCUT2D eigenvalue weighted by Gasteiger charge is 2.07. The largest absolute Gasteiger partial charge is 0.356 e. The van der Waals surface area contributed by atoms with Gasteiger partial charge in [-0.15, -0.1) is 0 Å². The van der Waals surface area contributed by atoms with Gasteiger partial charge in [0.05, 0.1) is 0 Å². The Bertz CT molecular complexity index is 267. The summed E-state index contributed by atoms with van der Waals surface area (Å²) < 4.78 is 2.15. The Hall–Kier alpha value is -1.03. The molecule has 0 spiro atoms. The molecule has 1 heterocycles. The number of hydrogen-bond donors (Lipinski definition) is 1. The first-order valence-electron chi connectivity index (χ1n) is 5.06. The molecule has 0 amide bonds. The van der Waals surface area contributed by atoms with Gasteiger partial charge < -0.3 is 14.8 Å². The van der Waals surface area contributed by atoms with Gasteiger partial charge in [0.15, 0.2) is 0 Å². The molecule has 4 heteroatoms. The Morgan fingerprint density at radius 1 is 1.57 bits per heavy atom. The van der Waals surface area contributed by atoms with Crippen LogP contribution >= 0.6 is 0 Å². The van der Waals surface area contributed by atoms with E-state index in [-0.39, 0.29) is 0 Å². The van der Waals surface area contributed by atoms with Crippen molar-refractivity contribution >= 4 is 5.95 Å². The number of aromatic nitrogens is 2. The average molecular weight is 196 g/mol. The van der Waals surface area contributed by atoms with Crippen molar-refractivity contribution in [1.82, 2.24) is 14.5 Å². The lowest BCUT2D eigenvalue weighted by molar-refractivity contribution is 0.285. The first-order chi connectivity index (χ1) is 6.65. The van der Waals surface area contributed by atoms with Crippen LogP contribution in [-0.2, 0) is 6.54 Å². The standard InChI is InChI=1S/C10H20N4/c1-5-11-10-12-6-7-14(10)8-9(2)13(3)4/h6-7,9H,5,8H2,1-4H3,(H,11,12). The lowest BCUT2D eigenvalue weighted by Gasteiger charge is -2.21. The van der Waals surface area contributed by atoms with E-state index < -0.39 is 0 Å². The molecular formula is C10H20N4. The Morgan fingerprint density at radius 3 is 2.86 bits per heavy atom. The van der Waals surface area contributed by atoms with Crippen molar-refractivity contribution in [3.05, 3.63) is 12.4 Å². The highest BCUT2D eigenvalue weighted by molar-refractivity contribution is 5.25. The summed E-state index contributed by atoms with van der Waals surface area (Å²) in [5.74, 6) is 0.959. The number of nitrogens with zero attached hydrogens (tertiary/aromatic N) is 3. The summed E-state index contributed by atoms with van der Waals surface area (Å²) in [7, 11) is 4.18. The molecule has 0 radical (unpaired) electrons. The molecule has 0 fully saturated rings. The molecule has 0 aliphatic rings. The summed E-state index contributed by atoms with van der Waals surface area (Å²) in [6, 6.07) is 0.515. The summed E-state index contributed by atoms with van der Waals surface area (Å²) in [4.78, 5) is 6.46. The average Bonchev–Trinajstić information content (AvgIpc) is 2.53. The molecule has 0 aliphatic carbocycles. The maximum atomic E-state index is 4.25. The van der Waals surface area contributed by atoms with Crippen LogP contribution in [0.5, 0.6) is 0 Å². The van der Waals surface area contributed by atoms with Crippen molar-refractivity contribution in [2.45, 2.75) is 26.4 Å². The van der Waals surface area contributed by atoms with Crippen molar-refractivity contribution < 1.29 is 0 Å². The molecule has 14 heavy (non-hydrogen) atoms. The number of anilines is 1. The molecule has 4 nitrogen and oxygen atoms in total. The van der Waals surface area contributed by atoms with Gasteiger partial charge in [0, 0.05) is 31.5 Å². The Labute approximate surface area is 85.9 Å². The van der Waals surface area contributed by atoms with Gasteiger partial charge in [-0.25, -0.2) is 4.98 Å². The number of nitrogens with one attached hydrogen (secondary N) is 1. The molecule has 0 bridgehead atoms. The van der Waals surface area contributed by atoms with Crippen LogP contribution in [0.1, 0.15) is 13.8 Å². The molecule has 0 saturated carbocycles. The molecule has 0 aliphatic heterocycles. The van der Waals surface area contributed by atoms with Crippen LogP contribution in [0, 0.1) is 0 Å². The van der Waals surface area contributed by atoms with E-state index in [1.807, 2.05) is 12.4 Å². The van der Waals surface area contributed by atoms with E-state index in [1.54, 1.807) is 0 Å². The second kappa shape index (κ2) is 5.00. The zero-order valence-electron chi connectivity index (χ0n) is 9.49.